The Morgan fingerprint density at radius 1 is 0.451 bits per heavy atom. The maximum Gasteiger partial charge on any atom is 0.157 e. The van der Waals surface area contributed by atoms with Crippen LogP contribution in [0.4, 0.5) is 0 Å². The number of aryl methyl sites for hydroxylation is 3. The first kappa shape index (κ1) is 43.2. The molecule has 0 aliphatic heterocycles. The fourth-order valence-electron chi connectivity index (χ4n) is 7.07. The van der Waals surface area contributed by atoms with Gasteiger partial charge in [-0.3, -0.25) is 0 Å². The lowest BCUT2D eigenvalue weighted by Gasteiger charge is -2.28. The highest BCUT2D eigenvalue weighted by molar-refractivity contribution is 7.95. The first-order valence-corrected chi connectivity index (χ1v) is 22.9. The van der Waals surface area contributed by atoms with Gasteiger partial charge >= 0.3 is 0 Å². The Hall–Kier alpha value is -2.25. The third-order valence-corrected chi connectivity index (χ3v) is 14.9. The monoisotopic (exact) mass is 714 g/mol. The van der Waals surface area contributed by atoms with E-state index in [1.54, 1.807) is 0 Å². The van der Waals surface area contributed by atoms with Crippen LogP contribution in [-0.2, 0) is 9.47 Å². The van der Waals surface area contributed by atoms with E-state index in [9.17, 15) is 0 Å². The Labute approximate surface area is 315 Å². The van der Waals surface area contributed by atoms with Crippen molar-refractivity contribution in [1.29, 1.82) is 0 Å². The van der Waals surface area contributed by atoms with Crippen LogP contribution in [0.15, 0.2) is 84.9 Å². The Kier molecular flexibility index (Phi) is 22.4. The molecule has 0 amide bonds. The second-order valence-corrected chi connectivity index (χ2v) is 18.6. The molecule has 3 heteroatoms. The predicted molar refractivity (Wildman–Crippen MR) is 228 cm³/mol. The molecule has 0 radical (unpaired) electrons. The molecule has 0 bridgehead atoms. The molecule has 0 heterocycles. The average Bonchev–Trinajstić information content (AvgIpc) is 3.14. The van der Waals surface area contributed by atoms with Crippen LogP contribution in [0.1, 0.15) is 153 Å². The number of benzene rings is 3. The third kappa shape index (κ3) is 16.5. The van der Waals surface area contributed by atoms with Crippen LogP contribution in [0.3, 0.4) is 0 Å². The Balaban J connectivity index is 1.48. The molecule has 0 saturated carbocycles. The molecule has 282 valence electrons. The van der Waals surface area contributed by atoms with Gasteiger partial charge < -0.3 is 9.47 Å². The smallest absolute Gasteiger partial charge is 0.157 e. The van der Waals surface area contributed by atoms with Gasteiger partial charge in [0.2, 0.25) is 0 Å². The van der Waals surface area contributed by atoms with Crippen molar-refractivity contribution in [3.05, 3.63) is 102 Å². The SMILES string of the molecule is CCCCCCCCOC(CCCCC/C=C/CCC[P+](c1ccc(C)cc1)(c1ccc(C)cc1)c1ccc(C)cc1)OCCCCCCCC. The number of unbranched alkanes of at least 4 members (excludes halogenated alkanes) is 14. The predicted octanol–water partition coefficient (Wildman–Crippen LogP) is 13.3. The Bertz CT molecular complexity index is 1170. The molecule has 0 unspecified atom stereocenters. The van der Waals surface area contributed by atoms with Gasteiger partial charge in [-0.15, -0.1) is 0 Å². The zero-order valence-corrected chi connectivity index (χ0v) is 34.4. The summed E-state index contributed by atoms with van der Waals surface area (Å²) in [7, 11) is -1.78. The number of rotatable bonds is 29. The van der Waals surface area contributed by atoms with Crippen LogP contribution in [0.25, 0.3) is 0 Å². The normalized spacial score (nSPS) is 12.0. The summed E-state index contributed by atoms with van der Waals surface area (Å²) in [6.07, 6.45) is 29.8. The lowest BCUT2D eigenvalue weighted by Crippen LogP contribution is -2.33. The van der Waals surface area contributed by atoms with Crippen LogP contribution in [0, 0.1) is 20.8 Å². The third-order valence-electron chi connectivity index (χ3n) is 10.4. The van der Waals surface area contributed by atoms with E-state index in [-0.39, 0.29) is 6.29 Å². The summed E-state index contributed by atoms with van der Waals surface area (Å²) in [5.41, 5.74) is 3.97. The molecule has 51 heavy (non-hydrogen) atoms. The van der Waals surface area contributed by atoms with Crippen molar-refractivity contribution < 1.29 is 9.47 Å². The molecule has 0 atom stereocenters. The number of hydrogen-bond donors (Lipinski definition) is 0. The van der Waals surface area contributed by atoms with E-state index in [0.717, 1.165) is 45.3 Å². The van der Waals surface area contributed by atoms with E-state index < -0.39 is 7.26 Å². The van der Waals surface area contributed by atoms with Gasteiger partial charge in [-0.05, 0) is 109 Å². The van der Waals surface area contributed by atoms with E-state index in [4.69, 9.17) is 9.47 Å². The molecule has 0 fully saturated rings. The standard InChI is InChI=1S/C48H74O2P/c1-6-8-10-12-19-23-39-49-48(50-40-24-20-13-11-9-7-2)26-22-18-16-14-15-17-21-25-41-51(45-33-27-42(3)28-34-45,46-35-29-43(4)30-36-46)47-37-31-44(5)32-38-47/h15,17,27-38,48H,6-14,16,18-26,39-41H2,1-5H3/q+1/b17-15+. The zero-order valence-electron chi connectivity index (χ0n) is 33.5. The van der Waals surface area contributed by atoms with Crippen LogP contribution in [-0.4, -0.2) is 25.7 Å². The quantitative estimate of drug-likeness (QED) is 0.0309. The summed E-state index contributed by atoms with van der Waals surface area (Å²) >= 11 is 0. The minimum Gasteiger partial charge on any atom is -0.353 e. The Morgan fingerprint density at radius 3 is 1.25 bits per heavy atom. The summed E-state index contributed by atoms with van der Waals surface area (Å²) in [6.45, 7) is 12.8. The largest absolute Gasteiger partial charge is 0.353 e. The van der Waals surface area contributed by atoms with Crippen molar-refractivity contribution in [2.45, 2.75) is 163 Å². The van der Waals surface area contributed by atoms with Crippen molar-refractivity contribution in [3.63, 3.8) is 0 Å². The highest BCUT2D eigenvalue weighted by atomic mass is 31.2. The summed E-state index contributed by atoms with van der Waals surface area (Å²) < 4.78 is 12.5. The van der Waals surface area contributed by atoms with E-state index in [1.165, 1.54) is 129 Å². The first-order valence-electron chi connectivity index (χ1n) is 21.0. The van der Waals surface area contributed by atoms with Crippen molar-refractivity contribution in [2.75, 3.05) is 19.4 Å². The van der Waals surface area contributed by atoms with Crippen LogP contribution < -0.4 is 15.9 Å². The van der Waals surface area contributed by atoms with Crippen molar-refractivity contribution in [1.82, 2.24) is 0 Å². The molecule has 0 saturated heterocycles. The van der Waals surface area contributed by atoms with Gasteiger partial charge in [0.1, 0.15) is 23.2 Å². The van der Waals surface area contributed by atoms with Gasteiger partial charge in [0.25, 0.3) is 0 Å². The van der Waals surface area contributed by atoms with E-state index in [1.807, 2.05) is 0 Å². The van der Waals surface area contributed by atoms with Gasteiger partial charge in [-0.25, -0.2) is 0 Å². The van der Waals surface area contributed by atoms with Gasteiger partial charge in [-0.2, -0.15) is 0 Å². The maximum atomic E-state index is 6.27. The van der Waals surface area contributed by atoms with Crippen molar-refractivity contribution in [3.8, 4) is 0 Å². The molecule has 3 rings (SSSR count). The van der Waals surface area contributed by atoms with Gasteiger partial charge in [0.05, 0.1) is 6.16 Å². The van der Waals surface area contributed by atoms with E-state index >= 15 is 0 Å². The van der Waals surface area contributed by atoms with Crippen LogP contribution in [0.2, 0.25) is 0 Å². The lowest BCUT2D eigenvalue weighted by atomic mass is 10.1. The molecule has 3 aromatic rings. The molecule has 2 nitrogen and oxygen atoms in total. The fraction of sp³-hybridized carbons (Fsp3) is 0.583. The van der Waals surface area contributed by atoms with Crippen molar-refractivity contribution in [2.24, 2.45) is 0 Å². The minimum atomic E-state index is -1.78. The fourth-order valence-corrected chi connectivity index (χ4v) is 11.4. The zero-order chi connectivity index (χ0) is 36.4. The molecule has 0 aliphatic carbocycles. The summed E-state index contributed by atoms with van der Waals surface area (Å²) in [5.74, 6) is 0. The molecule has 0 spiro atoms. The van der Waals surface area contributed by atoms with Crippen LogP contribution in [0.5, 0.6) is 0 Å². The topological polar surface area (TPSA) is 18.5 Å². The van der Waals surface area contributed by atoms with Crippen molar-refractivity contribution >= 4 is 23.2 Å². The lowest BCUT2D eigenvalue weighted by molar-refractivity contribution is -0.148. The van der Waals surface area contributed by atoms with E-state index in [0.29, 0.717) is 0 Å². The second-order valence-electron chi connectivity index (χ2n) is 15.0. The molecular weight excluding hydrogens is 640 g/mol. The van der Waals surface area contributed by atoms with Crippen LogP contribution >= 0.6 is 7.26 Å². The number of ether oxygens (including phenoxy) is 2. The van der Waals surface area contributed by atoms with Gasteiger partial charge in [0, 0.05) is 13.2 Å². The summed E-state index contributed by atoms with van der Waals surface area (Å²) in [5, 5.41) is 4.49. The summed E-state index contributed by atoms with van der Waals surface area (Å²) in [6, 6.07) is 28.3. The maximum absolute atomic E-state index is 6.27. The molecule has 3 aromatic carbocycles. The summed E-state index contributed by atoms with van der Waals surface area (Å²) in [4.78, 5) is 0. The second kappa shape index (κ2) is 26.5. The van der Waals surface area contributed by atoms with Gasteiger partial charge in [0.15, 0.2) is 6.29 Å². The Morgan fingerprint density at radius 2 is 0.824 bits per heavy atom. The average molecular weight is 714 g/mol. The van der Waals surface area contributed by atoms with E-state index in [2.05, 4.69) is 120 Å². The molecular formula is C48H74O2P+. The molecule has 0 aliphatic rings. The highest BCUT2D eigenvalue weighted by Gasteiger charge is 2.44. The minimum absolute atomic E-state index is 0.0222. The van der Waals surface area contributed by atoms with Gasteiger partial charge in [-0.1, -0.05) is 150 Å². The highest BCUT2D eigenvalue weighted by Crippen LogP contribution is 2.56. The first-order chi connectivity index (χ1) is 25.0. The molecule has 0 N–H and O–H groups in total. The number of allylic oxidation sites excluding steroid dienone is 2. The number of hydrogen-bond acceptors (Lipinski definition) is 2. The molecule has 0 aromatic heterocycles.